The van der Waals surface area contributed by atoms with E-state index in [1.54, 1.807) is 12.3 Å². The van der Waals surface area contributed by atoms with Crippen molar-refractivity contribution in [3.63, 3.8) is 0 Å². The molecule has 3 nitrogen and oxygen atoms in total. The van der Waals surface area contributed by atoms with E-state index in [1.807, 2.05) is 26.0 Å². The summed E-state index contributed by atoms with van der Waals surface area (Å²) >= 11 is 0. The Bertz CT molecular complexity index is 1030. The van der Waals surface area contributed by atoms with Crippen molar-refractivity contribution in [3.8, 4) is 11.1 Å². The number of carbonyl (C=O) groups excluding carboxylic acids is 1. The predicted octanol–water partition coefficient (Wildman–Crippen LogP) is 5.15. The van der Waals surface area contributed by atoms with Crippen LogP contribution in [0.1, 0.15) is 36.6 Å². The molecule has 0 atom stereocenters. The Morgan fingerprint density at radius 3 is 2.28 bits per heavy atom. The Labute approximate surface area is 167 Å². The average molecular weight is 398 g/mol. The van der Waals surface area contributed by atoms with Crippen molar-refractivity contribution in [2.45, 2.75) is 32.7 Å². The third-order valence-corrected chi connectivity index (χ3v) is 4.58. The van der Waals surface area contributed by atoms with Crippen molar-refractivity contribution in [2.24, 2.45) is 0 Å². The monoisotopic (exact) mass is 398 g/mol. The molecule has 0 bridgehead atoms. The second-order valence-electron chi connectivity index (χ2n) is 7.13. The fraction of sp³-hybridized carbons (Fsp3) is 0.217. The molecule has 0 saturated heterocycles. The third kappa shape index (κ3) is 5.22. The van der Waals surface area contributed by atoms with E-state index in [0.717, 1.165) is 23.4 Å². The number of carbonyl (C=O) groups is 1. The standard InChI is InChI=1S/C23H21F3N2O/c1-14(2)22-9-15(7-8-27-22)13-28-23(29)12-18-4-3-16(10-20(18)25)17-5-6-19(24)21(26)11-17/h3-11,14H,12-13H2,1-2H3,(H,28,29). The van der Waals surface area contributed by atoms with Gasteiger partial charge in [0.25, 0.3) is 0 Å². The van der Waals surface area contributed by atoms with Crippen LogP contribution in [0, 0.1) is 17.5 Å². The summed E-state index contributed by atoms with van der Waals surface area (Å²) in [6.07, 6.45) is 1.58. The smallest absolute Gasteiger partial charge is 0.224 e. The maximum Gasteiger partial charge on any atom is 0.224 e. The van der Waals surface area contributed by atoms with Gasteiger partial charge < -0.3 is 5.32 Å². The van der Waals surface area contributed by atoms with E-state index >= 15 is 0 Å². The van der Waals surface area contributed by atoms with E-state index in [9.17, 15) is 18.0 Å². The van der Waals surface area contributed by atoms with Crippen LogP contribution in [0.4, 0.5) is 13.2 Å². The molecule has 0 fully saturated rings. The van der Waals surface area contributed by atoms with Gasteiger partial charge in [0.05, 0.1) is 6.42 Å². The van der Waals surface area contributed by atoms with Crippen molar-refractivity contribution in [3.05, 3.63) is 89.0 Å². The number of halogens is 3. The highest BCUT2D eigenvalue weighted by atomic mass is 19.2. The van der Waals surface area contributed by atoms with Crippen LogP contribution in [0.3, 0.4) is 0 Å². The molecule has 0 radical (unpaired) electrons. The molecule has 0 unspecified atom stereocenters. The van der Waals surface area contributed by atoms with Crippen LogP contribution >= 0.6 is 0 Å². The van der Waals surface area contributed by atoms with Crippen molar-refractivity contribution in [1.82, 2.24) is 10.3 Å². The van der Waals surface area contributed by atoms with E-state index < -0.39 is 17.5 Å². The maximum atomic E-state index is 14.4. The number of hydrogen-bond donors (Lipinski definition) is 1. The molecule has 0 spiro atoms. The van der Waals surface area contributed by atoms with Crippen LogP contribution in [0.15, 0.2) is 54.7 Å². The average Bonchev–Trinajstić information content (AvgIpc) is 2.70. The molecule has 1 heterocycles. The molecule has 0 saturated carbocycles. The first kappa shape index (κ1) is 20.6. The molecular weight excluding hydrogens is 377 g/mol. The van der Waals surface area contributed by atoms with E-state index in [1.165, 1.54) is 18.2 Å². The van der Waals surface area contributed by atoms with Gasteiger partial charge in [-0.25, -0.2) is 13.2 Å². The normalized spacial score (nSPS) is 11.0. The number of benzene rings is 2. The lowest BCUT2D eigenvalue weighted by molar-refractivity contribution is -0.120. The summed E-state index contributed by atoms with van der Waals surface area (Å²) in [5.41, 5.74) is 2.86. The summed E-state index contributed by atoms with van der Waals surface area (Å²) in [6, 6.07) is 11.4. The molecule has 1 aromatic heterocycles. The van der Waals surface area contributed by atoms with Gasteiger partial charge in [-0.15, -0.1) is 0 Å². The Hall–Kier alpha value is -3.15. The summed E-state index contributed by atoms with van der Waals surface area (Å²) in [6.45, 7) is 4.41. The van der Waals surface area contributed by atoms with E-state index in [2.05, 4.69) is 10.3 Å². The molecule has 0 aliphatic heterocycles. The Balaban J connectivity index is 1.64. The molecule has 150 valence electrons. The minimum absolute atomic E-state index is 0.119. The van der Waals surface area contributed by atoms with Crippen LogP contribution in [-0.4, -0.2) is 10.9 Å². The summed E-state index contributed by atoms with van der Waals surface area (Å²) in [5, 5.41) is 2.78. The highest BCUT2D eigenvalue weighted by Crippen LogP contribution is 2.24. The van der Waals surface area contributed by atoms with Gasteiger partial charge in [-0.05, 0) is 58.5 Å². The van der Waals surface area contributed by atoms with Gasteiger partial charge in [0.15, 0.2) is 11.6 Å². The fourth-order valence-electron chi connectivity index (χ4n) is 2.90. The number of pyridine rings is 1. The minimum Gasteiger partial charge on any atom is -0.352 e. The van der Waals surface area contributed by atoms with Crippen LogP contribution in [-0.2, 0) is 17.8 Å². The van der Waals surface area contributed by atoms with Crippen LogP contribution in [0.2, 0.25) is 0 Å². The molecule has 2 aromatic carbocycles. The second kappa shape index (κ2) is 8.90. The number of amides is 1. The summed E-state index contributed by atoms with van der Waals surface area (Å²) in [7, 11) is 0. The van der Waals surface area contributed by atoms with Crippen molar-refractivity contribution in [2.75, 3.05) is 0 Å². The number of nitrogens with zero attached hydrogens (tertiary/aromatic N) is 1. The van der Waals surface area contributed by atoms with Gasteiger partial charge in [0.1, 0.15) is 5.82 Å². The number of aromatic nitrogens is 1. The van der Waals surface area contributed by atoms with Gasteiger partial charge >= 0.3 is 0 Å². The van der Waals surface area contributed by atoms with Crippen molar-refractivity contribution >= 4 is 5.91 Å². The molecule has 0 aliphatic carbocycles. The quantitative estimate of drug-likeness (QED) is 0.624. The first-order chi connectivity index (χ1) is 13.8. The first-order valence-corrected chi connectivity index (χ1v) is 9.29. The largest absolute Gasteiger partial charge is 0.352 e. The third-order valence-electron chi connectivity index (χ3n) is 4.58. The number of nitrogens with one attached hydrogen (secondary N) is 1. The molecule has 1 amide bonds. The van der Waals surface area contributed by atoms with Crippen molar-refractivity contribution in [1.29, 1.82) is 0 Å². The van der Waals surface area contributed by atoms with E-state index in [-0.39, 0.29) is 23.8 Å². The highest BCUT2D eigenvalue weighted by molar-refractivity contribution is 5.79. The summed E-state index contributed by atoms with van der Waals surface area (Å²) in [4.78, 5) is 16.5. The second-order valence-corrected chi connectivity index (χ2v) is 7.13. The molecule has 0 aliphatic rings. The van der Waals surface area contributed by atoms with Gasteiger partial charge in [-0.1, -0.05) is 32.0 Å². The molecular formula is C23H21F3N2O. The first-order valence-electron chi connectivity index (χ1n) is 9.29. The zero-order valence-corrected chi connectivity index (χ0v) is 16.2. The van der Waals surface area contributed by atoms with Crippen molar-refractivity contribution < 1.29 is 18.0 Å². The molecule has 6 heteroatoms. The zero-order chi connectivity index (χ0) is 21.0. The predicted molar refractivity (Wildman–Crippen MR) is 106 cm³/mol. The van der Waals surface area contributed by atoms with Gasteiger partial charge in [-0.3, -0.25) is 9.78 Å². The zero-order valence-electron chi connectivity index (χ0n) is 16.2. The lowest BCUT2D eigenvalue weighted by atomic mass is 10.0. The Morgan fingerprint density at radius 2 is 1.62 bits per heavy atom. The minimum atomic E-state index is -0.997. The van der Waals surface area contributed by atoms with Crippen LogP contribution < -0.4 is 5.32 Å². The maximum absolute atomic E-state index is 14.4. The molecule has 1 N–H and O–H groups in total. The Morgan fingerprint density at radius 1 is 0.931 bits per heavy atom. The SMILES string of the molecule is CC(C)c1cc(CNC(=O)Cc2ccc(-c3ccc(F)c(F)c3)cc2F)ccn1. The van der Waals surface area contributed by atoms with Crippen LogP contribution in [0.5, 0.6) is 0 Å². The molecule has 3 aromatic rings. The number of hydrogen-bond acceptors (Lipinski definition) is 2. The molecule has 29 heavy (non-hydrogen) atoms. The summed E-state index contributed by atoms with van der Waals surface area (Å²) < 4.78 is 40.9. The lowest BCUT2D eigenvalue weighted by Gasteiger charge is -2.10. The number of rotatable bonds is 6. The van der Waals surface area contributed by atoms with E-state index in [0.29, 0.717) is 17.7 Å². The van der Waals surface area contributed by atoms with E-state index in [4.69, 9.17) is 0 Å². The van der Waals surface area contributed by atoms with Gasteiger partial charge in [0.2, 0.25) is 5.91 Å². The van der Waals surface area contributed by atoms with Crippen LogP contribution in [0.25, 0.3) is 11.1 Å². The topological polar surface area (TPSA) is 42.0 Å². The summed E-state index contributed by atoms with van der Waals surface area (Å²) in [5.74, 6) is -2.56. The molecule has 3 rings (SSSR count). The van der Waals surface area contributed by atoms with Gasteiger partial charge in [0, 0.05) is 18.4 Å². The highest BCUT2D eigenvalue weighted by Gasteiger charge is 2.11. The van der Waals surface area contributed by atoms with Gasteiger partial charge in [-0.2, -0.15) is 0 Å². The fourth-order valence-corrected chi connectivity index (χ4v) is 2.90. The lowest BCUT2D eigenvalue weighted by Crippen LogP contribution is -2.25. The Kier molecular flexibility index (Phi) is 6.32.